The fourth-order valence-electron chi connectivity index (χ4n) is 1.19. The Morgan fingerprint density at radius 3 is 2.71 bits per heavy atom. The van der Waals surface area contributed by atoms with Crippen molar-refractivity contribution >= 4 is 27.4 Å². The molecule has 2 N–H and O–H groups in total. The van der Waals surface area contributed by atoms with Gasteiger partial charge in [0.1, 0.15) is 5.75 Å². The van der Waals surface area contributed by atoms with Crippen LogP contribution in [0.2, 0.25) is 0 Å². The second-order valence-electron chi connectivity index (χ2n) is 2.96. The average Bonchev–Trinajstić information content (AvgIpc) is 2.20. The predicted molar refractivity (Wildman–Crippen MR) is 60.3 cm³/mol. The second kappa shape index (κ2) is 4.46. The van der Waals surface area contributed by atoms with Crippen LogP contribution in [-0.2, 0) is 0 Å². The van der Waals surface area contributed by atoms with E-state index in [1.807, 2.05) is 6.92 Å². The van der Waals surface area contributed by atoms with E-state index in [1.165, 1.54) is 0 Å². The third-order valence-electron chi connectivity index (χ3n) is 2.02. The van der Waals surface area contributed by atoms with E-state index in [2.05, 4.69) is 15.9 Å². The van der Waals surface area contributed by atoms with E-state index in [9.17, 15) is 4.79 Å². The fraction of sp³-hybridized carbons (Fsp3) is 0.300. The maximum absolute atomic E-state index is 11.5. The highest BCUT2D eigenvalue weighted by Gasteiger charge is 2.11. The molecule has 0 aliphatic rings. The molecule has 4 heteroatoms. The van der Waals surface area contributed by atoms with Crippen LogP contribution in [0.15, 0.2) is 12.1 Å². The van der Waals surface area contributed by atoms with E-state index in [1.54, 1.807) is 19.2 Å². The van der Waals surface area contributed by atoms with Crippen LogP contribution in [0.3, 0.4) is 0 Å². The number of alkyl halides is 1. The topological polar surface area (TPSA) is 52.3 Å². The lowest BCUT2D eigenvalue weighted by Gasteiger charge is -2.09. The number of methoxy groups -OCH3 is 1. The number of Topliss-reactive ketones (excluding diaryl/α,β-unsaturated/α-hetero) is 1. The van der Waals surface area contributed by atoms with Crippen molar-refractivity contribution in [2.45, 2.75) is 6.92 Å². The summed E-state index contributed by atoms with van der Waals surface area (Å²) in [5.41, 5.74) is 7.68. The van der Waals surface area contributed by atoms with Crippen molar-refractivity contribution in [3.63, 3.8) is 0 Å². The molecule has 0 spiro atoms. The smallest absolute Gasteiger partial charge is 0.175 e. The van der Waals surface area contributed by atoms with E-state index < -0.39 is 0 Å². The van der Waals surface area contributed by atoms with Gasteiger partial charge in [-0.25, -0.2) is 0 Å². The van der Waals surface area contributed by atoms with Crippen LogP contribution >= 0.6 is 15.9 Å². The summed E-state index contributed by atoms with van der Waals surface area (Å²) >= 11 is 3.11. The van der Waals surface area contributed by atoms with Crippen LogP contribution in [0.4, 0.5) is 5.69 Å². The minimum absolute atomic E-state index is 0.0375. The van der Waals surface area contributed by atoms with Gasteiger partial charge < -0.3 is 10.5 Å². The zero-order valence-corrected chi connectivity index (χ0v) is 9.72. The summed E-state index contributed by atoms with van der Waals surface area (Å²) in [5, 5.41) is 0.268. The number of hydrogen-bond donors (Lipinski definition) is 1. The molecule has 0 atom stereocenters. The molecule has 0 aliphatic carbocycles. The molecule has 1 aromatic rings. The Morgan fingerprint density at radius 1 is 1.57 bits per heavy atom. The van der Waals surface area contributed by atoms with Gasteiger partial charge in [-0.3, -0.25) is 4.79 Å². The van der Waals surface area contributed by atoms with Gasteiger partial charge in [-0.15, -0.1) is 0 Å². The van der Waals surface area contributed by atoms with Gasteiger partial charge in [-0.1, -0.05) is 15.9 Å². The van der Waals surface area contributed by atoms with E-state index in [-0.39, 0.29) is 11.1 Å². The largest absolute Gasteiger partial charge is 0.497 e. The van der Waals surface area contributed by atoms with Crippen LogP contribution in [-0.4, -0.2) is 18.2 Å². The van der Waals surface area contributed by atoms with Gasteiger partial charge in [-0.05, 0) is 24.6 Å². The number of carbonyl (C=O) groups is 1. The maximum Gasteiger partial charge on any atom is 0.175 e. The SMILES string of the molecule is COc1cc(C)c(N)c(C(=O)CBr)c1. The molecule has 1 rings (SSSR count). The first-order chi connectivity index (χ1) is 6.60. The van der Waals surface area contributed by atoms with Gasteiger partial charge in [0.05, 0.1) is 12.4 Å². The van der Waals surface area contributed by atoms with Crippen molar-refractivity contribution in [2.75, 3.05) is 18.2 Å². The van der Waals surface area contributed by atoms with Crippen LogP contribution in [0.5, 0.6) is 5.75 Å². The predicted octanol–water partition coefficient (Wildman–Crippen LogP) is 2.16. The number of nitrogen functional groups attached to an aromatic ring is 1. The zero-order valence-electron chi connectivity index (χ0n) is 8.13. The van der Waals surface area contributed by atoms with Crippen molar-refractivity contribution in [2.24, 2.45) is 0 Å². The Balaban J connectivity index is 3.27. The Kier molecular flexibility index (Phi) is 3.52. The number of hydrogen-bond acceptors (Lipinski definition) is 3. The number of ketones is 1. The summed E-state index contributed by atoms with van der Waals surface area (Å²) < 4.78 is 5.06. The third kappa shape index (κ3) is 2.07. The standard InChI is InChI=1S/C10H12BrNO2/c1-6-3-7(14-2)4-8(10(6)12)9(13)5-11/h3-4H,5,12H2,1-2H3. The van der Waals surface area contributed by atoms with Crippen LogP contribution in [0.1, 0.15) is 15.9 Å². The number of aryl methyl sites for hydroxylation is 1. The van der Waals surface area contributed by atoms with Gasteiger partial charge in [-0.2, -0.15) is 0 Å². The molecule has 76 valence electrons. The van der Waals surface area contributed by atoms with Crippen molar-refractivity contribution in [1.82, 2.24) is 0 Å². The van der Waals surface area contributed by atoms with Crippen LogP contribution in [0, 0.1) is 6.92 Å². The van der Waals surface area contributed by atoms with E-state index in [0.29, 0.717) is 17.0 Å². The number of anilines is 1. The number of ether oxygens (including phenoxy) is 1. The summed E-state index contributed by atoms with van der Waals surface area (Å²) in [7, 11) is 1.56. The first-order valence-electron chi connectivity index (χ1n) is 4.13. The van der Waals surface area contributed by atoms with Crippen molar-refractivity contribution < 1.29 is 9.53 Å². The number of halogens is 1. The first kappa shape index (κ1) is 11.0. The molecule has 0 fully saturated rings. The highest BCUT2D eigenvalue weighted by Crippen LogP contribution is 2.24. The molecule has 0 bridgehead atoms. The highest BCUT2D eigenvalue weighted by molar-refractivity contribution is 9.09. The van der Waals surface area contributed by atoms with Gasteiger partial charge in [0.15, 0.2) is 5.78 Å². The molecule has 0 saturated carbocycles. The lowest BCUT2D eigenvalue weighted by molar-refractivity contribution is 0.102. The Hall–Kier alpha value is -1.03. The van der Waals surface area contributed by atoms with Gasteiger partial charge in [0.2, 0.25) is 0 Å². The number of carbonyl (C=O) groups excluding carboxylic acids is 1. The molecule has 1 aromatic carbocycles. The highest BCUT2D eigenvalue weighted by atomic mass is 79.9. The molecule has 0 radical (unpaired) electrons. The molecule has 0 aliphatic heterocycles. The molecule has 0 amide bonds. The monoisotopic (exact) mass is 257 g/mol. The van der Waals surface area contributed by atoms with E-state index in [4.69, 9.17) is 10.5 Å². The number of benzene rings is 1. The summed E-state index contributed by atoms with van der Waals surface area (Å²) in [6, 6.07) is 3.46. The van der Waals surface area contributed by atoms with E-state index in [0.717, 1.165) is 5.56 Å². The molecule has 0 unspecified atom stereocenters. The Labute approximate surface area is 91.4 Å². The minimum atomic E-state index is -0.0375. The molecule has 14 heavy (non-hydrogen) atoms. The molecule has 3 nitrogen and oxygen atoms in total. The van der Waals surface area contributed by atoms with Crippen molar-refractivity contribution in [3.05, 3.63) is 23.3 Å². The number of nitrogens with two attached hydrogens (primary N) is 1. The lowest BCUT2D eigenvalue weighted by Crippen LogP contribution is -2.06. The van der Waals surface area contributed by atoms with E-state index >= 15 is 0 Å². The lowest BCUT2D eigenvalue weighted by atomic mass is 10.0. The van der Waals surface area contributed by atoms with Crippen LogP contribution in [0.25, 0.3) is 0 Å². The quantitative estimate of drug-likeness (QED) is 0.513. The Morgan fingerprint density at radius 2 is 2.21 bits per heavy atom. The van der Waals surface area contributed by atoms with Crippen LogP contribution < -0.4 is 10.5 Å². The normalized spacial score (nSPS) is 9.93. The molecule has 0 aromatic heterocycles. The summed E-state index contributed by atoms with van der Waals surface area (Å²) in [5.74, 6) is 0.616. The minimum Gasteiger partial charge on any atom is -0.497 e. The zero-order chi connectivity index (χ0) is 10.7. The molecule has 0 heterocycles. The molecule has 0 saturated heterocycles. The van der Waals surface area contributed by atoms with Gasteiger partial charge in [0, 0.05) is 11.3 Å². The van der Waals surface area contributed by atoms with Crippen molar-refractivity contribution in [3.8, 4) is 5.75 Å². The second-order valence-corrected chi connectivity index (χ2v) is 3.52. The summed E-state index contributed by atoms with van der Waals surface area (Å²) in [6.07, 6.45) is 0. The fourth-order valence-corrected chi connectivity index (χ4v) is 1.49. The molecular weight excluding hydrogens is 246 g/mol. The third-order valence-corrected chi connectivity index (χ3v) is 2.53. The first-order valence-corrected chi connectivity index (χ1v) is 5.25. The molecular formula is C10H12BrNO2. The van der Waals surface area contributed by atoms with Gasteiger partial charge in [0.25, 0.3) is 0 Å². The Bertz CT molecular complexity index is 363. The summed E-state index contributed by atoms with van der Waals surface area (Å²) in [4.78, 5) is 11.5. The number of rotatable bonds is 3. The van der Waals surface area contributed by atoms with Gasteiger partial charge >= 0.3 is 0 Å². The average molecular weight is 258 g/mol. The maximum atomic E-state index is 11.5. The van der Waals surface area contributed by atoms with Crippen molar-refractivity contribution in [1.29, 1.82) is 0 Å². The summed E-state index contributed by atoms with van der Waals surface area (Å²) in [6.45, 7) is 1.85.